The zero-order valence-electron chi connectivity index (χ0n) is 20.9. The van der Waals surface area contributed by atoms with Crippen LogP contribution in [0, 0.1) is 11.3 Å². The molecule has 0 bridgehead atoms. The molecule has 0 saturated carbocycles. The molecule has 0 aliphatic carbocycles. The van der Waals surface area contributed by atoms with Crippen LogP contribution in [0.4, 0.5) is 18.0 Å². The first-order valence-corrected chi connectivity index (χ1v) is 14.6. The molecular formula is C21H38F3NO6SSi. The molecule has 1 aliphatic rings. The number of carbonyl (C=O) groups is 1. The lowest BCUT2D eigenvalue weighted by Crippen LogP contribution is -2.54. The van der Waals surface area contributed by atoms with Gasteiger partial charge >= 0.3 is 21.7 Å². The second-order valence-electron chi connectivity index (χ2n) is 10.6. The molecule has 12 heteroatoms. The van der Waals surface area contributed by atoms with Crippen LogP contribution in [0.2, 0.25) is 16.6 Å². The van der Waals surface area contributed by atoms with Gasteiger partial charge in [-0.1, -0.05) is 62.3 Å². The van der Waals surface area contributed by atoms with Crippen molar-refractivity contribution in [3.63, 3.8) is 0 Å². The Morgan fingerprint density at radius 1 is 1.12 bits per heavy atom. The number of carboxylic acid groups (broad SMARTS) is 1. The molecule has 0 saturated heterocycles. The highest BCUT2D eigenvalue weighted by molar-refractivity contribution is 7.87. The Hall–Kier alpha value is -1.27. The molecular weight excluding hydrogens is 479 g/mol. The molecule has 0 fully saturated rings. The maximum absolute atomic E-state index is 13.0. The largest absolute Gasteiger partial charge is 0.534 e. The maximum Gasteiger partial charge on any atom is 0.534 e. The number of nitrogens with zero attached hydrogens (tertiary/aromatic N) is 1. The normalized spacial score (nSPS) is 21.1. The number of amides is 1. The summed E-state index contributed by atoms with van der Waals surface area (Å²) in [6, 6.07) is -0.984. The van der Waals surface area contributed by atoms with Gasteiger partial charge in [0.2, 0.25) is 0 Å². The van der Waals surface area contributed by atoms with Crippen LogP contribution >= 0.6 is 0 Å². The van der Waals surface area contributed by atoms with Gasteiger partial charge in [-0.3, -0.25) is 4.90 Å². The van der Waals surface area contributed by atoms with Crippen molar-refractivity contribution < 1.29 is 40.1 Å². The average Bonchev–Trinajstić information content (AvgIpc) is 2.58. The zero-order valence-corrected chi connectivity index (χ0v) is 22.7. The van der Waals surface area contributed by atoms with E-state index in [2.05, 4.69) is 45.7 Å². The Kier molecular flexibility index (Phi) is 9.15. The molecule has 33 heavy (non-hydrogen) atoms. The quantitative estimate of drug-likeness (QED) is 0.243. The lowest BCUT2D eigenvalue weighted by Gasteiger charge is -2.45. The van der Waals surface area contributed by atoms with Crippen molar-refractivity contribution in [1.29, 1.82) is 0 Å². The van der Waals surface area contributed by atoms with E-state index in [0.717, 1.165) is 11.0 Å². The molecule has 2 atom stereocenters. The molecule has 0 radical (unpaired) electrons. The van der Waals surface area contributed by atoms with Gasteiger partial charge in [0, 0.05) is 12.5 Å². The summed E-state index contributed by atoms with van der Waals surface area (Å²) in [7, 11) is -8.32. The fourth-order valence-corrected chi connectivity index (χ4v) is 10.8. The predicted molar refractivity (Wildman–Crippen MR) is 123 cm³/mol. The van der Waals surface area contributed by atoms with Crippen LogP contribution < -0.4 is 0 Å². The summed E-state index contributed by atoms with van der Waals surface area (Å²) in [6.07, 6.45) is -0.102. The van der Waals surface area contributed by atoms with E-state index in [0.29, 0.717) is 0 Å². The molecule has 194 valence electrons. The number of alkyl halides is 3. The Morgan fingerprint density at radius 3 is 1.91 bits per heavy atom. The number of hydrogen-bond donors (Lipinski definition) is 1. The fourth-order valence-electron chi connectivity index (χ4n) is 4.87. The number of hydrogen-bond acceptors (Lipinski definition) is 5. The van der Waals surface area contributed by atoms with Crippen LogP contribution in [0.5, 0.6) is 0 Å². The summed E-state index contributed by atoms with van der Waals surface area (Å²) in [4.78, 5) is 13.1. The van der Waals surface area contributed by atoms with Crippen molar-refractivity contribution in [2.24, 2.45) is 11.3 Å². The van der Waals surface area contributed by atoms with Crippen molar-refractivity contribution in [3.8, 4) is 0 Å². The van der Waals surface area contributed by atoms with Gasteiger partial charge in [0.25, 0.3) is 0 Å². The first kappa shape index (κ1) is 29.8. The molecule has 2 unspecified atom stereocenters. The monoisotopic (exact) mass is 517 g/mol. The third-order valence-corrected chi connectivity index (χ3v) is 13.5. The molecule has 1 amide bonds. The molecule has 0 aromatic rings. The summed E-state index contributed by atoms with van der Waals surface area (Å²) >= 11 is 0. The minimum atomic E-state index is -5.90. The predicted octanol–water partition coefficient (Wildman–Crippen LogP) is 5.95. The van der Waals surface area contributed by atoms with Crippen LogP contribution in [0.25, 0.3) is 0 Å². The Bertz CT molecular complexity index is 812. The van der Waals surface area contributed by atoms with Crippen molar-refractivity contribution >= 4 is 24.5 Å². The topological polar surface area (TPSA) is 93.1 Å². The average molecular weight is 518 g/mol. The van der Waals surface area contributed by atoms with Crippen molar-refractivity contribution in [1.82, 2.24) is 4.90 Å². The second-order valence-corrected chi connectivity index (χ2v) is 17.6. The van der Waals surface area contributed by atoms with E-state index < -0.39 is 53.2 Å². The van der Waals surface area contributed by atoms with Crippen molar-refractivity contribution in [2.75, 3.05) is 13.2 Å². The van der Waals surface area contributed by atoms with E-state index in [-0.39, 0.29) is 29.8 Å². The highest BCUT2D eigenvalue weighted by Crippen LogP contribution is 2.44. The molecule has 7 nitrogen and oxygen atoms in total. The lowest BCUT2D eigenvalue weighted by molar-refractivity contribution is -0.0538. The second kappa shape index (κ2) is 10.1. The molecule has 1 N–H and O–H groups in total. The van der Waals surface area contributed by atoms with Crippen LogP contribution in [-0.2, 0) is 18.7 Å². The summed E-state index contributed by atoms with van der Waals surface area (Å²) in [5.74, 6) is -1.30. The minimum absolute atomic E-state index is 0.0944. The summed E-state index contributed by atoms with van der Waals surface area (Å²) in [5.41, 5.74) is -5.76. The minimum Gasteiger partial charge on any atom is -0.465 e. The lowest BCUT2D eigenvalue weighted by atomic mass is 9.77. The van der Waals surface area contributed by atoms with E-state index >= 15 is 0 Å². The van der Waals surface area contributed by atoms with E-state index in [9.17, 15) is 31.5 Å². The van der Waals surface area contributed by atoms with E-state index in [4.69, 9.17) is 4.43 Å². The standard InChI is InChI=1S/C21H38F3NO6SSi/c1-13(2)33(14(3)4,15(5)6)30-12-16-10-18(31-32(28,29)21(22,23)24)17(20(7,8)9)11-25(16)19(26)27/h10,13-17H,11-12H2,1-9H3,(H,26,27). The van der Waals surface area contributed by atoms with E-state index in [1.807, 2.05) is 0 Å². The van der Waals surface area contributed by atoms with Crippen LogP contribution in [0.15, 0.2) is 11.8 Å². The molecule has 0 aromatic carbocycles. The SMILES string of the molecule is CC(C)[Si](OCC1C=C(OS(=O)(=O)C(F)(F)F)C(C(C)(C)C)CN1C(=O)O)(C(C)C)C(C)C. The Balaban J connectivity index is 3.50. The first-order valence-electron chi connectivity index (χ1n) is 11.0. The third kappa shape index (κ3) is 6.44. The molecule has 0 aromatic heterocycles. The Morgan fingerprint density at radius 2 is 1.58 bits per heavy atom. The fraction of sp³-hybridized carbons (Fsp3) is 0.857. The smallest absolute Gasteiger partial charge is 0.465 e. The van der Waals surface area contributed by atoms with Crippen LogP contribution in [0.3, 0.4) is 0 Å². The van der Waals surface area contributed by atoms with Gasteiger partial charge in [0.05, 0.1) is 12.6 Å². The van der Waals surface area contributed by atoms with Gasteiger partial charge in [-0.25, -0.2) is 4.79 Å². The van der Waals surface area contributed by atoms with Crippen molar-refractivity contribution in [3.05, 3.63) is 11.8 Å². The van der Waals surface area contributed by atoms with Crippen LogP contribution in [0.1, 0.15) is 62.3 Å². The Labute approximate surface area is 196 Å². The number of halogens is 3. The molecule has 1 rings (SSSR count). The number of rotatable bonds is 8. The van der Waals surface area contributed by atoms with Crippen molar-refractivity contribution in [2.45, 2.75) is 90.5 Å². The molecule has 0 spiro atoms. The van der Waals surface area contributed by atoms with Gasteiger partial charge in [0.15, 0.2) is 8.32 Å². The van der Waals surface area contributed by atoms with Gasteiger partial charge in [-0.2, -0.15) is 21.6 Å². The summed E-state index contributed by atoms with van der Waals surface area (Å²) in [5, 5.41) is 9.81. The molecule has 1 heterocycles. The maximum atomic E-state index is 13.0. The van der Waals surface area contributed by atoms with E-state index in [1.165, 1.54) is 0 Å². The highest BCUT2D eigenvalue weighted by Gasteiger charge is 2.51. The summed E-state index contributed by atoms with van der Waals surface area (Å²) in [6.45, 7) is 17.1. The van der Waals surface area contributed by atoms with E-state index in [1.54, 1.807) is 20.8 Å². The highest BCUT2D eigenvalue weighted by atomic mass is 32.2. The van der Waals surface area contributed by atoms with Gasteiger partial charge in [0.1, 0.15) is 5.76 Å². The summed E-state index contributed by atoms with van der Waals surface area (Å²) < 4.78 is 73.6. The molecule has 1 aliphatic heterocycles. The van der Waals surface area contributed by atoms with Gasteiger partial charge in [-0.15, -0.1) is 0 Å². The van der Waals surface area contributed by atoms with Gasteiger partial charge in [-0.05, 0) is 28.1 Å². The van der Waals surface area contributed by atoms with Gasteiger partial charge < -0.3 is 13.7 Å². The zero-order chi connectivity index (χ0) is 26.2. The van der Waals surface area contributed by atoms with Crippen LogP contribution in [-0.4, -0.2) is 57.5 Å². The first-order chi connectivity index (χ1) is 14.7. The third-order valence-electron chi connectivity index (χ3n) is 6.47.